The van der Waals surface area contributed by atoms with Crippen molar-refractivity contribution in [3.63, 3.8) is 0 Å². The highest BCUT2D eigenvalue weighted by Crippen LogP contribution is 2.48. The second-order valence-electron chi connectivity index (χ2n) is 12.0. The quantitative estimate of drug-likeness (QED) is 0.417. The van der Waals surface area contributed by atoms with Crippen molar-refractivity contribution in [1.82, 2.24) is 0 Å². The van der Waals surface area contributed by atoms with Gasteiger partial charge in [0.2, 0.25) is 0 Å². The smallest absolute Gasteiger partial charge is 0.0426 e. The Hall–Kier alpha value is -2.19. The zero-order chi connectivity index (χ0) is 25.0. The fourth-order valence-electron chi connectivity index (χ4n) is 7.25. The van der Waals surface area contributed by atoms with Crippen LogP contribution in [0.1, 0.15) is 77.3 Å². The fraction of sp³-hybridized carbons (Fsp3) is 0.500. The van der Waals surface area contributed by atoms with Crippen molar-refractivity contribution in [2.45, 2.75) is 89.1 Å². The van der Waals surface area contributed by atoms with Crippen molar-refractivity contribution in [1.29, 1.82) is 0 Å². The van der Waals surface area contributed by atoms with Crippen LogP contribution in [0.4, 0.5) is 11.4 Å². The third-order valence-electron chi connectivity index (χ3n) is 9.38. The molecule has 0 aromatic heterocycles. The van der Waals surface area contributed by atoms with Crippen LogP contribution in [0.25, 0.3) is 0 Å². The number of fused-ring (bicyclic) bond motifs is 2. The van der Waals surface area contributed by atoms with Crippen LogP contribution in [0.3, 0.4) is 0 Å². The molecule has 0 N–H and O–H groups in total. The summed E-state index contributed by atoms with van der Waals surface area (Å²) in [6, 6.07) is 18.7. The molecule has 3 heteroatoms. The zero-order valence-electron chi connectivity index (χ0n) is 22.4. The third kappa shape index (κ3) is 4.02. The van der Waals surface area contributed by atoms with Crippen LogP contribution < -0.4 is 9.80 Å². The van der Waals surface area contributed by atoms with Gasteiger partial charge in [-0.3, -0.25) is 0 Å². The van der Waals surface area contributed by atoms with Gasteiger partial charge in [0.1, 0.15) is 0 Å². The number of hydrogen-bond acceptors (Lipinski definition) is 2. The zero-order valence-corrected chi connectivity index (χ0v) is 23.1. The van der Waals surface area contributed by atoms with Crippen LogP contribution in [-0.2, 0) is 10.8 Å². The maximum Gasteiger partial charge on any atom is 0.0426 e. The Labute approximate surface area is 217 Å². The Balaban J connectivity index is 1.31. The summed E-state index contributed by atoms with van der Waals surface area (Å²) in [5.41, 5.74) is 8.81. The first-order valence-corrected chi connectivity index (χ1v) is 13.7. The largest absolute Gasteiger partial charge is 0.370 e. The van der Waals surface area contributed by atoms with E-state index in [2.05, 4.69) is 106 Å². The molecule has 2 aromatic carbocycles. The average molecular weight is 489 g/mol. The molecule has 0 saturated carbocycles. The predicted molar refractivity (Wildman–Crippen MR) is 152 cm³/mol. The van der Waals surface area contributed by atoms with Crippen LogP contribution in [0.2, 0.25) is 0 Å². The van der Waals surface area contributed by atoms with Gasteiger partial charge in [-0.25, -0.2) is 0 Å². The number of benzene rings is 2. The number of halogens is 1. The van der Waals surface area contributed by atoms with Crippen LogP contribution in [0.5, 0.6) is 0 Å². The highest BCUT2D eigenvalue weighted by molar-refractivity contribution is 6.32. The summed E-state index contributed by atoms with van der Waals surface area (Å²) >= 11 is 7.10. The lowest BCUT2D eigenvalue weighted by atomic mass is 9.77. The van der Waals surface area contributed by atoms with E-state index in [0.29, 0.717) is 12.1 Å². The molecule has 5 rings (SSSR count). The number of anilines is 2. The van der Waals surface area contributed by atoms with E-state index < -0.39 is 0 Å². The molecule has 2 heterocycles. The van der Waals surface area contributed by atoms with Crippen molar-refractivity contribution >= 4 is 23.0 Å². The van der Waals surface area contributed by atoms with E-state index in [-0.39, 0.29) is 10.8 Å². The van der Waals surface area contributed by atoms with E-state index in [0.717, 1.165) is 37.1 Å². The minimum atomic E-state index is 0.129. The molecule has 2 aromatic rings. The second kappa shape index (κ2) is 9.04. The standard InChI is InChI=1S/C32H41ClN2/c1-31(2)24-14-7-9-16-26(24)34(5)28(31)20-18-22-12-11-13-23(30(22)33)19-21-29-32(3,4)25-15-8-10-17-27(25)35(29)6/h7-10,14-18,28-29H,11-13,19-21H2,1-6H3. The van der Waals surface area contributed by atoms with Crippen LogP contribution in [0, 0.1) is 0 Å². The molecule has 1 aliphatic carbocycles. The molecule has 0 bridgehead atoms. The fourth-order valence-corrected chi connectivity index (χ4v) is 7.61. The Morgan fingerprint density at radius 2 is 1.37 bits per heavy atom. The van der Waals surface area contributed by atoms with Gasteiger partial charge in [-0.1, -0.05) is 87.3 Å². The van der Waals surface area contributed by atoms with Gasteiger partial charge in [-0.15, -0.1) is 0 Å². The second-order valence-corrected chi connectivity index (χ2v) is 12.4. The van der Waals surface area contributed by atoms with Gasteiger partial charge in [-0.2, -0.15) is 0 Å². The Kier molecular flexibility index (Phi) is 6.33. The number of nitrogens with zero attached hydrogens (tertiary/aromatic N) is 2. The summed E-state index contributed by atoms with van der Waals surface area (Å²) < 4.78 is 0. The number of likely N-dealkylation sites (N-methyl/N-ethyl adjacent to an activating group) is 2. The lowest BCUT2D eigenvalue weighted by Crippen LogP contribution is -2.39. The van der Waals surface area contributed by atoms with E-state index in [4.69, 9.17) is 11.6 Å². The number of allylic oxidation sites excluding steroid dienone is 3. The molecule has 0 radical (unpaired) electrons. The molecule has 0 amide bonds. The van der Waals surface area contributed by atoms with Crippen LogP contribution >= 0.6 is 11.6 Å². The van der Waals surface area contributed by atoms with Gasteiger partial charge in [0.25, 0.3) is 0 Å². The van der Waals surface area contributed by atoms with Gasteiger partial charge < -0.3 is 9.80 Å². The van der Waals surface area contributed by atoms with Crippen molar-refractivity contribution in [2.75, 3.05) is 23.9 Å². The monoisotopic (exact) mass is 488 g/mol. The highest BCUT2D eigenvalue weighted by atomic mass is 35.5. The average Bonchev–Trinajstić information content (AvgIpc) is 3.16. The Morgan fingerprint density at radius 1 is 0.829 bits per heavy atom. The SMILES string of the molecule is CN1c2ccccc2C(C)(C)C1CC=C1CCCC(CCC2N(C)c3ccccc3C2(C)C)=C1Cl. The minimum Gasteiger partial charge on any atom is -0.370 e. The van der Waals surface area contributed by atoms with Crippen molar-refractivity contribution in [2.24, 2.45) is 0 Å². The summed E-state index contributed by atoms with van der Waals surface area (Å²) in [5, 5.41) is 1.06. The third-order valence-corrected chi connectivity index (χ3v) is 9.89. The lowest BCUT2D eigenvalue weighted by Gasteiger charge is -2.33. The van der Waals surface area contributed by atoms with E-state index in [1.807, 2.05) is 0 Å². The lowest BCUT2D eigenvalue weighted by molar-refractivity contribution is 0.403. The maximum atomic E-state index is 7.10. The van der Waals surface area contributed by atoms with Gasteiger partial charge in [0.15, 0.2) is 0 Å². The molecule has 2 atom stereocenters. The molecule has 186 valence electrons. The molecule has 0 saturated heterocycles. The molecular weight excluding hydrogens is 448 g/mol. The van der Waals surface area contributed by atoms with Gasteiger partial charge in [0.05, 0.1) is 0 Å². The predicted octanol–water partition coefficient (Wildman–Crippen LogP) is 8.35. The Bertz CT molecular complexity index is 1170. The Morgan fingerprint density at radius 3 is 1.97 bits per heavy atom. The highest BCUT2D eigenvalue weighted by Gasteiger charge is 2.43. The summed E-state index contributed by atoms with van der Waals surface area (Å²) in [6.45, 7) is 9.58. The molecule has 0 fully saturated rings. The van der Waals surface area contributed by atoms with E-state index in [1.54, 1.807) is 0 Å². The number of hydrogen-bond donors (Lipinski definition) is 0. The van der Waals surface area contributed by atoms with Gasteiger partial charge in [0, 0.05) is 53.4 Å². The van der Waals surface area contributed by atoms with E-state index in [9.17, 15) is 0 Å². The van der Waals surface area contributed by atoms with E-state index >= 15 is 0 Å². The molecular formula is C32H41ClN2. The first-order chi connectivity index (χ1) is 16.6. The van der Waals surface area contributed by atoms with Crippen LogP contribution in [-0.4, -0.2) is 26.2 Å². The molecule has 2 unspecified atom stereocenters. The van der Waals surface area contributed by atoms with Crippen molar-refractivity contribution in [3.05, 3.63) is 81.9 Å². The summed E-state index contributed by atoms with van der Waals surface area (Å²) in [7, 11) is 4.51. The first-order valence-electron chi connectivity index (χ1n) is 13.4. The maximum absolute atomic E-state index is 7.10. The van der Waals surface area contributed by atoms with E-state index in [1.165, 1.54) is 40.1 Å². The van der Waals surface area contributed by atoms with Crippen molar-refractivity contribution < 1.29 is 0 Å². The molecule has 2 nitrogen and oxygen atoms in total. The topological polar surface area (TPSA) is 6.48 Å². The number of para-hydroxylation sites is 2. The summed E-state index contributed by atoms with van der Waals surface area (Å²) in [6.07, 6.45) is 9.17. The molecule has 0 spiro atoms. The normalized spacial score (nSPS) is 25.9. The molecule has 2 aliphatic heterocycles. The van der Waals surface area contributed by atoms with Crippen LogP contribution in [0.15, 0.2) is 70.8 Å². The molecule has 35 heavy (non-hydrogen) atoms. The number of rotatable bonds is 5. The van der Waals surface area contributed by atoms with Gasteiger partial charge in [-0.05, 0) is 67.4 Å². The minimum absolute atomic E-state index is 0.129. The summed E-state index contributed by atoms with van der Waals surface area (Å²) in [5.74, 6) is 0. The van der Waals surface area contributed by atoms with Crippen molar-refractivity contribution in [3.8, 4) is 0 Å². The molecule has 3 aliphatic rings. The first kappa shape index (κ1) is 24.5. The summed E-state index contributed by atoms with van der Waals surface area (Å²) in [4.78, 5) is 4.97. The van der Waals surface area contributed by atoms with Gasteiger partial charge >= 0.3 is 0 Å².